The number of nitrogens with two attached hydrogens (primary N) is 1. The van der Waals surface area contributed by atoms with Gasteiger partial charge in [-0.25, -0.2) is 8.78 Å². The molecule has 0 aromatic heterocycles. The van der Waals surface area contributed by atoms with Crippen molar-refractivity contribution in [2.24, 2.45) is 5.84 Å². The van der Waals surface area contributed by atoms with Gasteiger partial charge in [0, 0.05) is 10.8 Å². The van der Waals surface area contributed by atoms with E-state index in [0.717, 1.165) is 24.7 Å². The van der Waals surface area contributed by atoms with Crippen LogP contribution >= 0.6 is 11.8 Å². The van der Waals surface area contributed by atoms with Crippen LogP contribution < -0.4 is 11.3 Å². The van der Waals surface area contributed by atoms with Gasteiger partial charge in [-0.2, -0.15) is 11.8 Å². The van der Waals surface area contributed by atoms with Crippen LogP contribution in [0, 0.1) is 11.6 Å². The monoisotopic (exact) mass is 272 g/mol. The van der Waals surface area contributed by atoms with Crippen LogP contribution in [-0.2, 0) is 6.42 Å². The Labute approximate surface area is 110 Å². The molecule has 0 saturated carbocycles. The largest absolute Gasteiger partial charge is 0.271 e. The predicted octanol–water partition coefficient (Wildman–Crippen LogP) is 2.62. The van der Waals surface area contributed by atoms with Crippen molar-refractivity contribution in [2.75, 3.05) is 5.75 Å². The Morgan fingerprint density at radius 3 is 2.89 bits per heavy atom. The minimum atomic E-state index is -0.411. The first-order valence-corrected chi connectivity index (χ1v) is 7.08. The summed E-state index contributed by atoms with van der Waals surface area (Å²) in [5, 5.41) is 0. The molecule has 18 heavy (non-hydrogen) atoms. The van der Waals surface area contributed by atoms with Crippen LogP contribution in [0.1, 0.15) is 25.3 Å². The van der Waals surface area contributed by atoms with Gasteiger partial charge in [0.15, 0.2) is 0 Å². The summed E-state index contributed by atoms with van der Waals surface area (Å²) in [7, 11) is 0. The molecule has 0 bridgehead atoms. The molecule has 1 saturated heterocycles. The maximum Gasteiger partial charge on any atom is 0.126 e. The molecule has 1 aliphatic rings. The number of thioether (sulfide) groups is 1. The standard InChI is InChI=1S/C13H18F2N2S/c1-13(5-2-6-18-13)12(17-16)8-9-7-10(14)3-4-11(9)15/h3-4,7,12,17H,2,5-6,8,16H2,1H3. The molecule has 3 N–H and O–H groups in total. The van der Waals surface area contributed by atoms with Gasteiger partial charge in [-0.05, 0) is 55.7 Å². The molecule has 0 radical (unpaired) electrons. The van der Waals surface area contributed by atoms with Gasteiger partial charge in [0.1, 0.15) is 11.6 Å². The molecular weight excluding hydrogens is 254 g/mol. The third kappa shape index (κ3) is 2.84. The minimum absolute atomic E-state index is 0.00644. The summed E-state index contributed by atoms with van der Waals surface area (Å²) in [5.41, 5.74) is 3.15. The normalized spacial score (nSPS) is 25.3. The molecule has 2 nitrogen and oxygen atoms in total. The van der Waals surface area contributed by atoms with Crippen LogP contribution in [0.15, 0.2) is 18.2 Å². The molecule has 2 rings (SSSR count). The maximum absolute atomic E-state index is 13.6. The highest BCUT2D eigenvalue weighted by atomic mass is 32.2. The van der Waals surface area contributed by atoms with E-state index in [2.05, 4.69) is 12.3 Å². The number of halogens is 2. The zero-order valence-electron chi connectivity index (χ0n) is 10.4. The maximum atomic E-state index is 13.6. The molecule has 2 unspecified atom stereocenters. The second-order valence-electron chi connectivity index (χ2n) is 4.92. The molecule has 1 aliphatic heterocycles. The molecule has 100 valence electrons. The zero-order chi connectivity index (χ0) is 13.2. The Morgan fingerprint density at radius 2 is 2.28 bits per heavy atom. The van der Waals surface area contributed by atoms with Gasteiger partial charge in [0.25, 0.3) is 0 Å². The molecule has 1 aromatic carbocycles. The van der Waals surface area contributed by atoms with E-state index >= 15 is 0 Å². The summed E-state index contributed by atoms with van der Waals surface area (Å²) in [6, 6.07) is 3.50. The van der Waals surface area contributed by atoms with E-state index < -0.39 is 5.82 Å². The van der Waals surface area contributed by atoms with Gasteiger partial charge in [-0.3, -0.25) is 11.3 Å². The van der Waals surface area contributed by atoms with Crippen LogP contribution in [-0.4, -0.2) is 16.5 Å². The summed E-state index contributed by atoms with van der Waals surface area (Å²) in [6.45, 7) is 2.13. The van der Waals surface area contributed by atoms with E-state index in [9.17, 15) is 8.78 Å². The lowest BCUT2D eigenvalue weighted by atomic mass is 9.91. The second kappa shape index (κ2) is 5.55. The van der Waals surface area contributed by atoms with Crippen molar-refractivity contribution in [1.82, 2.24) is 5.43 Å². The minimum Gasteiger partial charge on any atom is -0.271 e. The van der Waals surface area contributed by atoms with Crippen LogP contribution in [0.2, 0.25) is 0 Å². The van der Waals surface area contributed by atoms with E-state index in [0.29, 0.717) is 12.0 Å². The van der Waals surface area contributed by atoms with Crippen molar-refractivity contribution in [3.8, 4) is 0 Å². The summed E-state index contributed by atoms with van der Waals surface area (Å²) in [5.74, 6) is 5.91. The number of nitrogens with one attached hydrogen (secondary N) is 1. The van der Waals surface area contributed by atoms with Gasteiger partial charge < -0.3 is 0 Å². The second-order valence-corrected chi connectivity index (χ2v) is 6.55. The van der Waals surface area contributed by atoms with Crippen molar-refractivity contribution >= 4 is 11.8 Å². The molecule has 0 spiro atoms. The number of rotatable bonds is 4. The quantitative estimate of drug-likeness (QED) is 0.653. The summed E-state index contributed by atoms with van der Waals surface area (Å²) < 4.78 is 26.8. The zero-order valence-corrected chi connectivity index (χ0v) is 11.2. The van der Waals surface area contributed by atoms with E-state index in [1.54, 1.807) is 0 Å². The summed E-state index contributed by atoms with van der Waals surface area (Å²) in [6.07, 6.45) is 2.60. The fraction of sp³-hybridized carbons (Fsp3) is 0.538. The van der Waals surface area contributed by atoms with Gasteiger partial charge in [0.05, 0.1) is 0 Å². The lowest BCUT2D eigenvalue weighted by Crippen LogP contribution is -2.50. The molecular formula is C13H18F2N2S. The van der Waals surface area contributed by atoms with Crippen molar-refractivity contribution < 1.29 is 8.78 Å². The number of hydrogen-bond acceptors (Lipinski definition) is 3. The van der Waals surface area contributed by atoms with Crippen LogP contribution in [0.5, 0.6) is 0 Å². The van der Waals surface area contributed by atoms with Crippen LogP contribution in [0.3, 0.4) is 0 Å². The third-order valence-corrected chi connectivity index (χ3v) is 5.26. The van der Waals surface area contributed by atoms with E-state index in [-0.39, 0.29) is 16.6 Å². The van der Waals surface area contributed by atoms with E-state index in [1.165, 1.54) is 12.1 Å². The first-order valence-electron chi connectivity index (χ1n) is 6.09. The van der Waals surface area contributed by atoms with Crippen molar-refractivity contribution in [1.29, 1.82) is 0 Å². The number of benzene rings is 1. The first kappa shape index (κ1) is 13.8. The lowest BCUT2D eigenvalue weighted by Gasteiger charge is -2.33. The molecule has 1 aromatic rings. The number of hydrazine groups is 1. The van der Waals surface area contributed by atoms with Gasteiger partial charge in [-0.15, -0.1) is 0 Å². The van der Waals surface area contributed by atoms with Crippen molar-refractivity contribution in [3.63, 3.8) is 0 Å². The van der Waals surface area contributed by atoms with Crippen molar-refractivity contribution in [2.45, 2.75) is 37.0 Å². The Balaban J connectivity index is 2.17. The van der Waals surface area contributed by atoms with Crippen molar-refractivity contribution in [3.05, 3.63) is 35.4 Å². The fourth-order valence-corrected chi connectivity index (χ4v) is 3.84. The molecule has 1 heterocycles. The van der Waals surface area contributed by atoms with Gasteiger partial charge >= 0.3 is 0 Å². The molecule has 0 aliphatic carbocycles. The highest BCUT2D eigenvalue weighted by Gasteiger charge is 2.37. The number of hydrogen-bond donors (Lipinski definition) is 2. The molecule has 2 atom stereocenters. The molecule has 0 amide bonds. The summed E-state index contributed by atoms with van der Waals surface area (Å²) in [4.78, 5) is 0. The highest BCUT2D eigenvalue weighted by molar-refractivity contribution is 8.00. The topological polar surface area (TPSA) is 38.0 Å². The Morgan fingerprint density at radius 1 is 1.50 bits per heavy atom. The van der Waals surface area contributed by atoms with Crippen LogP contribution in [0.4, 0.5) is 8.78 Å². The Kier molecular flexibility index (Phi) is 4.25. The van der Waals surface area contributed by atoms with Crippen LogP contribution in [0.25, 0.3) is 0 Å². The smallest absolute Gasteiger partial charge is 0.126 e. The SMILES string of the molecule is CC1(C(Cc2cc(F)ccc2F)NN)CCCS1. The molecule has 5 heteroatoms. The Bertz CT molecular complexity index is 419. The highest BCUT2D eigenvalue weighted by Crippen LogP contribution is 2.41. The van der Waals surface area contributed by atoms with Gasteiger partial charge in [-0.1, -0.05) is 0 Å². The average Bonchev–Trinajstić information content (AvgIpc) is 2.78. The first-order chi connectivity index (χ1) is 8.55. The molecule has 1 fully saturated rings. The summed E-state index contributed by atoms with van der Waals surface area (Å²) >= 11 is 1.85. The predicted molar refractivity (Wildman–Crippen MR) is 71.3 cm³/mol. The third-order valence-electron chi connectivity index (χ3n) is 3.62. The van der Waals surface area contributed by atoms with E-state index in [1.807, 2.05) is 11.8 Å². The van der Waals surface area contributed by atoms with Gasteiger partial charge in [0.2, 0.25) is 0 Å². The average molecular weight is 272 g/mol. The Hall–Kier alpha value is -0.650. The lowest BCUT2D eigenvalue weighted by molar-refractivity contribution is 0.400. The fourth-order valence-electron chi connectivity index (χ4n) is 2.45. The van der Waals surface area contributed by atoms with E-state index in [4.69, 9.17) is 5.84 Å².